The SMILES string of the molecule is COC(=O)C[C@H](N)c1cccc(S(F)(F)(F)(F)F)c1.Cl. The van der Waals surface area contributed by atoms with Gasteiger partial charge in [0.05, 0.1) is 13.5 Å². The summed E-state index contributed by atoms with van der Waals surface area (Å²) < 4.78 is 67.2. The van der Waals surface area contributed by atoms with Crippen LogP contribution in [-0.2, 0) is 9.53 Å². The van der Waals surface area contributed by atoms with Crippen LogP contribution >= 0.6 is 22.6 Å². The van der Waals surface area contributed by atoms with Crippen LogP contribution in [0.15, 0.2) is 29.2 Å². The minimum absolute atomic E-state index is 0. The summed E-state index contributed by atoms with van der Waals surface area (Å²) >= 11 is 0. The smallest absolute Gasteiger partial charge is 0.310 e. The maximum atomic E-state index is 12.6. The van der Waals surface area contributed by atoms with Gasteiger partial charge in [0.25, 0.3) is 0 Å². The average molecular weight is 342 g/mol. The summed E-state index contributed by atoms with van der Waals surface area (Å²) in [5.74, 6) is -0.745. The molecule has 0 radical (unpaired) electrons. The van der Waals surface area contributed by atoms with Gasteiger partial charge >= 0.3 is 16.2 Å². The van der Waals surface area contributed by atoms with Gasteiger partial charge in [-0.15, -0.1) is 12.4 Å². The monoisotopic (exact) mass is 341 g/mol. The van der Waals surface area contributed by atoms with Crippen LogP contribution in [0.5, 0.6) is 0 Å². The lowest BCUT2D eigenvalue weighted by Crippen LogP contribution is -2.17. The number of methoxy groups -OCH3 is 1. The molecule has 0 saturated carbocycles. The molecule has 0 unspecified atom stereocenters. The number of hydrogen-bond donors (Lipinski definition) is 1. The minimum atomic E-state index is -9.74. The first-order chi connectivity index (χ1) is 8.33. The Morgan fingerprint density at radius 2 is 1.85 bits per heavy atom. The molecule has 0 fully saturated rings. The summed E-state index contributed by atoms with van der Waals surface area (Å²) in [5.41, 5.74) is 5.26. The zero-order valence-corrected chi connectivity index (χ0v) is 11.8. The Morgan fingerprint density at radius 3 is 2.30 bits per heavy atom. The molecule has 0 aromatic heterocycles. The fourth-order valence-corrected chi connectivity index (χ4v) is 2.06. The molecular formula is C10H13ClF5NO2S. The largest absolute Gasteiger partial charge is 0.469 e. The van der Waals surface area contributed by atoms with Gasteiger partial charge < -0.3 is 10.5 Å². The second-order valence-corrected chi connectivity index (χ2v) is 6.34. The van der Waals surface area contributed by atoms with Crippen LogP contribution in [-0.4, -0.2) is 13.1 Å². The van der Waals surface area contributed by atoms with Gasteiger partial charge in [0.2, 0.25) is 0 Å². The zero-order chi connectivity index (χ0) is 15.0. The van der Waals surface area contributed by atoms with Crippen molar-refractivity contribution in [3.63, 3.8) is 0 Å². The topological polar surface area (TPSA) is 52.3 Å². The highest BCUT2D eigenvalue weighted by atomic mass is 35.5. The summed E-state index contributed by atoms with van der Waals surface area (Å²) in [5, 5.41) is 0. The Kier molecular flexibility index (Phi) is 4.78. The van der Waals surface area contributed by atoms with Crippen molar-refractivity contribution in [3.8, 4) is 0 Å². The molecule has 0 amide bonds. The number of rotatable bonds is 4. The number of carbonyl (C=O) groups is 1. The fraction of sp³-hybridized carbons (Fsp3) is 0.300. The van der Waals surface area contributed by atoms with Crippen LogP contribution < -0.4 is 5.73 Å². The van der Waals surface area contributed by atoms with E-state index in [-0.39, 0.29) is 30.1 Å². The van der Waals surface area contributed by atoms with E-state index in [9.17, 15) is 24.2 Å². The number of ether oxygens (including phenoxy) is 1. The van der Waals surface area contributed by atoms with Gasteiger partial charge in [-0.3, -0.25) is 4.79 Å². The van der Waals surface area contributed by atoms with Gasteiger partial charge in [-0.25, -0.2) is 0 Å². The number of esters is 1. The van der Waals surface area contributed by atoms with Crippen LogP contribution in [0, 0.1) is 0 Å². The Hall–Kier alpha value is -1.06. The zero-order valence-electron chi connectivity index (χ0n) is 10.2. The number of hydrogen-bond acceptors (Lipinski definition) is 3. The molecule has 3 nitrogen and oxygen atoms in total. The van der Waals surface area contributed by atoms with Crippen molar-refractivity contribution in [2.24, 2.45) is 5.73 Å². The molecule has 0 aliphatic carbocycles. The highest BCUT2D eigenvalue weighted by Gasteiger charge is 2.65. The van der Waals surface area contributed by atoms with E-state index in [0.29, 0.717) is 0 Å². The van der Waals surface area contributed by atoms with Crippen molar-refractivity contribution >= 4 is 28.6 Å². The molecule has 1 aromatic rings. The minimum Gasteiger partial charge on any atom is -0.469 e. The molecule has 2 N–H and O–H groups in total. The lowest BCUT2D eigenvalue weighted by Gasteiger charge is -2.40. The first-order valence-electron chi connectivity index (χ1n) is 5.00. The molecule has 0 heterocycles. The van der Waals surface area contributed by atoms with E-state index in [0.717, 1.165) is 19.2 Å². The van der Waals surface area contributed by atoms with Crippen molar-refractivity contribution in [3.05, 3.63) is 29.8 Å². The van der Waals surface area contributed by atoms with Crippen molar-refractivity contribution < 1.29 is 29.0 Å². The van der Waals surface area contributed by atoms with E-state index in [2.05, 4.69) is 4.74 Å². The second-order valence-electron chi connectivity index (χ2n) is 3.93. The number of halogens is 6. The summed E-state index contributed by atoms with van der Waals surface area (Å²) in [6.07, 6.45) is -0.403. The summed E-state index contributed by atoms with van der Waals surface area (Å²) in [6, 6.07) is 1.35. The molecule has 118 valence electrons. The van der Waals surface area contributed by atoms with E-state index in [1.165, 1.54) is 0 Å². The second kappa shape index (κ2) is 5.05. The first kappa shape index (κ1) is 18.9. The van der Waals surface area contributed by atoms with E-state index in [1.807, 2.05) is 0 Å². The molecule has 0 aliphatic heterocycles. The van der Waals surface area contributed by atoms with Crippen molar-refractivity contribution in [2.75, 3.05) is 7.11 Å². The third kappa shape index (κ3) is 5.14. The standard InChI is InChI=1S/C10H12F5NO2S.ClH/c1-18-10(17)6-9(16)7-3-2-4-8(5-7)19(11,12,13,14)15;/h2-5,9H,6,16H2,1H3;1H/t9-;/m0./s1. The molecule has 0 saturated heterocycles. The maximum Gasteiger partial charge on any atom is 0.310 e. The van der Waals surface area contributed by atoms with Crippen LogP contribution in [0.4, 0.5) is 19.4 Å². The van der Waals surface area contributed by atoms with Crippen LogP contribution in [0.1, 0.15) is 18.0 Å². The highest BCUT2D eigenvalue weighted by Crippen LogP contribution is 3.02. The Balaban J connectivity index is 0.00000361. The number of nitrogens with two attached hydrogens (primary N) is 1. The summed E-state index contributed by atoms with van der Waals surface area (Å²) in [6.45, 7) is 0. The third-order valence-corrected chi connectivity index (χ3v) is 3.49. The van der Waals surface area contributed by atoms with Gasteiger partial charge in [-0.2, -0.15) is 0 Å². The third-order valence-electron chi connectivity index (χ3n) is 2.35. The van der Waals surface area contributed by atoms with E-state index < -0.39 is 33.6 Å². The van der Waals surface area contributed by atoms with Crippen molar-refractivity contribution in [1.29, 1.82) is 0 Å². The Bertz CT molecular complexity index is 507. The van der Waals surface area contributed by atoms with Crippen molar-refractivity contribution in [2.45, 2.75) is 17.4 Å². The molecule has 20 heavy (non-hydrogen) atoms. The molecule has 0 aliphatic rings. The van der Waals surface area contributed by atoms with E-state index >= 15 is 0 Å². The van der Waals surface area contributed by atoms with Gasteiger partial charge in [-0.05, 0) is 17.7 Å². The Morgan fingerprint density at radius 1 is 1.30 bits per heavy atom. The highest BCUT2D eigenvalue weighted by molar-refractivity contribution is 8.45. The van der Waals surface area contributed by atoms with Crippen LogP contribution in [0.25, 0.3) is 0 Å². The Labute approximate surface area is 118 Å². The van der Waals surface area contributed by atoms with Gasteiger partial charge in [0.1, 0.15) is 4.90 Å². The normalized spacial score (nSPS) is 16.4. The molecule has 10 heteroatoms. The number of carbonyl (C=O) groups excluding carboxylic acids is 1. The summed E-state index contributed by atoms with van der Waals surface area (Å²) in [4.78, 5) is 8.91. The molecule has 0 spiro atoms. The van der Waals surface area contributed by atoms with Crippen molar-refractivity contribution in [1.82, 2.24) is 0 Å². The average Bonchev–Trinajstić information content (AvgIpc) is 2.26. The molecular weight excluding hydrogens is 329 g/mol. The maximum absolute atomic E-state index is 12.6. The summed E-state index contributed by atoms with van der Waals surface area (Å²) in [7, 11) is -8.65. The molecule has 1 rings (SSSR count). The molecule has 1 aromatic carbocycles. The first-order valence-corrected chi connectivity index (χ1v) is 6.95. The fourth-order valence-electron chi connectivity index (χ4n) is 1.37. The predicted molar refractivity (Wildman–Crippen MR) is 68.6 cm³/mol. The van der Waals surface area contributed by atoms with Crippen LogP contribution in [0.2, 0.25) is 0 Å². The van der Waals surface area contributed by atoms with Crippen LogP contribution in [0.3, 0.4) is 0 Å². The predicted octanol–water partition coefficient (Wildman–Crippen LogP) is 4.33. The van der Waals surface area contributed by atoms with Gasteiger partial charge in [0, 0.05) is 6.04 Å². The molecule has 1 atom stereocenters. The molecule has 0 bridgehead atoms. The number of benzene rings is 1. The van der Waals surface area contributed by atoms with Gasteiger partial charge in [-0.1, -0.05) is 31.6 Å². The van der Waals surface area contributed by atoms with E-state index in [4.69, 9.17) is 5.73 Å². The lowest BCUT2D eigenvalue weighted by atomic mass is 10.1. The van der Waals surface area contributed by atoms with E-state index in [1.54, 1.807) is 0 Å². The lowest BCUT2D eigenvalue weighted by molar-refractivity contribution is -0.141. The van der Waals surface area contributed by atoms with Gasteiger partial charge in [0.15, 0.2) is 0 Å². The quantitative estimate of drug-likeness (QED) is 0.655.